The van der Waals surface area contributed by atoms with E-state index in [0.29, 0.717) is 23.6 Å². The summed E-state index contributed by atoms with van der Waals surface area (Å²) in [6.07, 6.45) is 2.28. The van der Waals surface area contributed by atoms with Crippen LogP contribution in [0.15, 0.2) is 54.6 Å². The average Bonchev–Trinajstić information content (AvgIpc) is 3.56. The van der Waals surface area contributed by atoms with Gasteiger partial charge in [0.05, 0.1) is 23.8 Å². The fourth-order valence-corrected chi connectivity index (χ4v) is 3.13. The first kappa shape index (κ1) is 17.2. The van der Waals surface area contributed by atoms with E-state index in [9.17, 15) is 9.59 Å². The van der Waals surface area contributed by atoms with Gasteiger partial charge in [0.2, 0.25) is 0 Å². The molecule has 0 saturated heterocycles. The van der Waals surface area contributed by atoms with Gasteiger partial charge in [-0.1, -0.05) is 30.3 Å². The van der Waals surface area contributed by atoms with Crippen molar-refractivity contribution in [2.24, 2.45) is 0 Å². The van der Waals surface area contributed by atoms with Gasteiger partial charge in [-0.25, -0.2) is 4.79 Å². The number of ether oxygens (including phenoxy) is 1. The molecule has 136 valence electrons. The molecule has 4 rings (SSSR count). The van der Waals surface area contributed by atoms with Crippen LogP contribution in [-0.2, 0) is 11.3 Å². The number of benzene rings is 2. The second-order valence-corrected chi connectivity index (χ2v) is 6.76. The van der Waals surface area contributed by atoms with E-state index >= 15 is 0 Å². The number of hydrogen-bond donors (Lipinski definition) is 1. The lowest BCUT2D eigenvalue weighted by Gasteiger charge is -2.10. The number of pyridine rings is 1. The number of rotatable bonds is 5. The summed E-state index contributed by atoms with van der Waals surface area (Å²) in [4.78, 5) is 29.0. The minimum Gasteiger partial charge on any atom is -0.465 e. The molecule has 1 aliphatic carbocycles. The zero-order chi connectivity index (χ0) is 18.8. The highest BCUT2D eigenvalue weighted by Gasteiger charge is 2.26. The van der Waals surface area contributed by atoms with E-state index in [1.807, 2.05) is 42.5 Å². The number of methoxy groups -OCH3 is 1. The first-order valence-electron chi connectivity index (χ1n) is 9.01. The summed E-state index contributed by atoms with van der Waals surface area (Å²) < 4.78 is 4.69. The molecule has 0 spiro atoms. The highest BCUT2D eigenvalue weighted by atomic mass is 16.5. The van der Waals surface area contributed by atoms with E-state index in [0.717, 1.165) is 35.0 Å². The molecule has 0 atom stereocenters. The van der Waals surface area contributed by atoms with Gasteiger partial charge in [-0.05, 0) is 42.7 Å². The van der Waals surface area contributed by atoms with E-state index in [2.05, 4.69) is 5.32 Å². The summed E-state index contributed by atoms with van der Waals surface area (Å²) in [5.41, 5.74) is 3.92. The standard InChI is InChI=1S/C22H20N2O3/c1-27-22(26)16-8-6-14(7-9-16)13-23-21(25)18-12-20(15-10-11-15)24-19-5-3-2-4-17(18)19/h2-9,12,15H,10-11,13H2,1H3,(H,23,25). The Kier molecular flexibility index (Phi) is 4.59. The lowest BCUT2D eigenvalue weighted by atomic mass is 10.0. The monoisotopic (exact) mass is 360 g/mol. The number of amides is 1. The van der Waals surface area contributed by atoms with Crippen molar-refractivity contribution in [3.8, 4) is 0 Å². The van der Waals surface area contributed by atoms with Gasteiger partial charge in [-0.2, -0.15) is 0 Å². The highest BCUT2D eigenvalue weighted by molar-refractivity contribution is 6.06. The van der Waals surface area contributed by atoms with Crippen LogP contribution in [0.5, 0.6) is 0 Å². The molecule has 1 fully saturated rings. The molecule has 3 aromatic rings. The third-order valence-corrected chi connectivity index (χ3v) is 4.80. The van der Waals surface area contributed by atoms with Crippen molar-refractivity contribution in [3.63, 3.8) is 0 Å². The van der Waals surface area contributed by atoms with Crippen LogP contribution in [0.3, 0.4) is 0 Å². The number of carbonyl (C=O) groups is 2. The molecule has 1 heterocycles. The molecule has 27 heavy (non-hydrogen) atoms. The van der Waals surface area contributed by atoms with Crippen molar-refractivity contribution in [2.45, 2.75) is 25.3 Å². The molecule has 1 N–H and O–H groups in total. The van der Waals surface area contributed by atoms with E-state index < -0.39 is 0 Å². The first-order valence-corrected chi connectivity index (χ1v) is 9.01. The predicted octanol–water partition coefficient (Wildman–Crippen LogP) is 3.83. The quantitative estimate of drug-likeness (QED) is 0.702. The molecule has 0 aliphatic heterocycles. The minimum absolute atomic E-state index is 0.118. The van der Waals surface area contributed by atoms with Crippen LogP contribution in [0.1, 0.15) is 50.7 Å². The average molecular weight is 360 g/mol. The van der Waals surface area contributed by atoms with Gasteiger partial charge in [0, 0.05) is 23.5 Å². The maximum atomic E-state index is 12.8. The molecule has 5 nitrogen and oxygen atoms in total. The largest absolute Gasteiger partial charge is 0.465 e. The molecule has 1 aromatic heterocycles. The third kappa shape index (κ3) is 3.67. The Balaban J connectivity index is 1.53. The molecule has 2 aromatic carbocycles. The van der Waals surface area contributed by atoms with Crippen LogP contribution in [0, 0.1) is 0 Å². The van der Waals surface area contributed by atoms with Crippen molar-refractivity contribution < 1.29 is 14.3 Å². The summed E-state index contributed by atoms with van der Waals surface area (Å²) in [6, 6.07) is 16.7. The lowest BCUT2D eigenvalue weighted by molar-refractivity contribution is 0.0600. The van der Waals surface area contributed by atoms with Gasteiger partial charge in [0.15, 0.2) is 0 Å². The second kappa shape index (κ2) is 7.19. The van der Waals surface area contributed by atoms with Crippen molar-refractivity contribution in [2.75, 3.05) is 7.11 Å². The van der Waals surface area contributed by atoms with Crippen LogP contribution >= 0.6 is 0 Å². The van der Waals surface area contributed by atoms with Gasteiger partial charge < -0.3 is 10.1 Å². The number of carbonyl (C=O) groups excluding carboxylic acids is 2. The molecule has 0 radical (unpaired) electrons. The van der Waals surface area contributed by atoms with Crippen molar-refractivity contribution in [1.29, 1.82) is 0 Å². The molecular formula is C22H20N2O3. The van der Waals surface area contributed by atoms with Crippen LogP contribution in [0.2, 0.25) is 0 Å². The fourth-order valence-electron chi connectivity index (χ4n) is 3.13. The Morgan fingerprint density at radius 3 is 2.56 bits per heavy atom. The number of hydrogen-bond acceptors (Lipinski definition) is 4. The zero-order valence-corrected chi connectivity index (χ0v) is 15.1. The number of aromatic nitrogens is 1. The zero-order valence-electron chi connectivity index (χ0n) is 15.1. The summed E-state index contributed by atoms with van der Waals surface area (Å²) in [6.45, 7) is 0.385. The molecule has 1 aliphatic rings. The third-order valence-electron chi connectivity index (χ3n) is 4.80. The smallest absolute Gasteiger partial charge is 0.337 e. The summed E-state index contributed by atoms with van der Waals surface area (Å²) >= 11 is 0. The fraction of sp³-hybridized carbons (Fsp3) is 0.227. The van der Waals surface area contributed by atoms with E-state index in [-0.39, 0.29) is 11.9 Å². The summed E-state index contributed by atoms with van der Waals surface area (Å²) in [5, 5.41) is 3.84. The summed E-state index contributed by atoms with van der Waals surface area (Å²) in [7, 11) is 1.35. The summed E-state index contributed by atoms with van der Waals surface area (Å²) in [5.74, 6) is -0.0130. The Morgan fingerprint density at radius 2 is 1.85 bits per heavy atom. The normalized spacial score (nSPS) is 13.4. The predicted molar refractivity (Wildman–Crippen MR) is 103 cm³/mol. The number of nitrogens with zero attached hydrogens (tertiary/aromatic N) is 1. The molecule has 1 saturated carbocycles. The molecule has 1 amide bonds. The van der Waals surface area contributed by atoms with Gasteiger partial charge >= 0.3 is 5.97 Å². The first-order chi connectivity index (χ1) is 13.2. The van der Waals surface area contributed by atoms with Crippen molar-refractivity contribution in [1.82, 2.24) is 10.3 Å². The Hall–Kier alpha value is -3.21. The number of para-hydroxylation sites is 1. The van der Waals surface area contributed by atoms with Crippen LogP contribution < -0.4 is 5.32 Å². The minimum atomic E-state index is -0.374. The van der Waals surface area contributed by atoms with Gasteiger partial charge in [-0.3, -0.25) is 9.78 Å². The molecular weight excluding hydrogens is 340 g/mol. The topological polar surface area (TPSA) is 68.3 Å². The maximum Gasteiger partial charge on any atom is 0.337 e. The second-order valence-electron chi connectivity index (χ2n) is 6.76. The highest BCUT2D eigenvalue weighted by Crippen LogP contribution is 2.40. The van der Waals surface area contributed by atoms with Crippen LogP contribution in [-0.4, -0.2) is 24.0 Å². The van der Waals surface area contributed by atoms with Crippen LogP contribution in [0.25, 0.3) is 10.9 Å². The lowest BCUT2D eigenvalue weighted by Crippen LogP contribution is -2.23. The Labute approximate surface area is 157 Å². The number of esters is 1. The van der Waals surface area contributed by atoms with Crippen LogP contribution in [0.4, 0.5) is 0 Å². The number of nitrogens with one attached hydrogen (secondary N) is 1. The van der Waals surface area contributed by atoms with Crippen molar-refractivity contribution in [3.05, 3.63) is 77.0 Å². The Morgan fingerprint density at radius 1 is 1.11 bits per heavy atom. The Bertz CT molecular complexity index is 1010. The van der Waals surface area contributed by atoms with Crippen molar-refractivity contribution >= 4 is 22.8 Å². The van der Waals surface area contributed by atoms with E-state index in [1.54, 1.807) is 12.1 Å². The van der Waals surface area contributed by atoms with E-state index in [4.69, 9.17) is 9.72 Å². The molecule has 0 unspecified atom stereocenters. The maximum absolute atomic E-state index is 12.8. The molecule has 5 heteroatoms. The van der Waals surface area contributed by atoms with Gasteiger partial charge in [0.25, 0.3) is 5.91 Å². The SMILES string of the molecule is COC(=O)c1ccc(CNC(=O)c2cc(C3CC3)nc3ccccc23)cc1. The van der Waals surface area contributed by atoms with Gasteiger partial charge in [-0.15, -0.1) is 0 Å². The molecule has 0 bridgehead atoms. The van der Waals surface area contributed by atoms with E-state index in [1.165, 1.54) is 7.11 Å². The number of fused-ring (bicyclic) bond motifs is 1. The van der Waals surface area contributed by atoms with Gasteiger partial charge in [0.1, 0.15) is 0 Å².